The van der Waals surface area contributed by atoms with Crippen LogP contribution in [0, 0.1) is 0 Å². The molecule has 0 saturated carbocycles. The van der Waals surface area contributed by atoms with Crippen LogP contribution in [-0.4, -0.2) is 79.6 Å². The molecule has 0 unspecified atom stereocenters. The Balaban J connectivity index is 1.51. The maximum atomic E-state index is 12.7. The lowest BCUT2D eigenvalue weighted by Gasteiger charge is -2.40. The summed E-state index contributed by atoms with van der Waals surface area (Å²) in [4.78, 5) is 19.7. The molecule has 0 spiro atoms. The number of ether oxygens (including phenoxy) is 1. The minimum absolute atomic E-state index is 0.121. The minimum Gasteiger partial charge on any atom is -0.494 e. The molecule has 1 aromatic rings. The first-order chi connectivity index (χ1) is 12.2. The quantitative estimate of drug-likeness (QED) is 0.821. The summed E-state index contributed by atoms with van der Waals surface area (Å²) in [6.07, 6.45) is 3.99. The van der Waals surface area contributed by atoms with Gasteiger partial charge in [0.25, 0.3) is 5.91 Å². The molecule has 5 nitrogen and oxygen atoms in total. The third kappa shape index (κ3) is 4.73. The van der Waals surface area contributed by atoms with E-state index in [4.69, 9.17) is 4.74 Å². The van der Waals surface area contributed by atoms with Crippen molar-refractivity contribution in [3.63, 3.8) is 0 Å². The molecule has 1 amide bonds. The number of rotatable bonds is 5. The minimum atomic E-state index is 0.121. The first-order valence-corrected chi connectivity index (χ1v) is 9.62. The van der Waals surface area contributed by atoms with Gasteiger partial charge in [-0.15, -0.1) is 0 Å². The number of piperazine rings is 1. The molecule has 2 aliphatic rings. The van der Waals surface area contributed by atoms with Gasteiger partial charge in [-0.25, -0.2) is 0 Å². The summed E-state index contributed by atoms with van der Waals surface area (Å²) in [7, 11) is 2.25. The van der Waals surface area contributed by atoms with Crippen molar-refractivity contribution in [3.05, 3.63) is 29.8 Å². The van der Waals surface area contributed by atoms with E-state index in [0.717, 1.165) is 44.0 Å². The lowest BCUT2D eigenvalue weighted by atomic mass is 10.0. The van der Waals surface area contributed by atoms with E-state index < -0.39 is 0 Å². The van der Waals surface area contributed by atoms with E-state index in [1.807, 2.05) is 36.1 Å². The molecule has 2 heterocycles. The van der Waals surface area contributed by atoms with Gasteiger partial charge in [0.1, 0.15) is 5.75 Å². The van der Waals surface area contributed by atoms with Crippen molar-refractivity contribution in [2.45, 2.75) is 32.2 Å². The summed E-state index contributed by atoms with van der Waals surface area (Å²) in [5, 5.41) is 0. The number of piperidine rings is 1. The Kier molecular flexibility index (Phi) is 6.32. The second kappa shape index (κ2) is 8.68. The molecule has 0 aliphatic carbocycles. The Morgan fingerprint density at radius 3 is 2.68 bits per heavy atom. The number of nitrogens with zero attached hydrogens (tertiary/aromatic N) is 3. The van der Waals surface area contributed by atoms with Crippen LogP contribution in [-0.2, 0) is 0 Å². The molecule has 2 aliphatic heterocycles. The molecule has 1 aromatic carbocycles. The van der Waals surface area contributed by atoms with Crippen LogP contribution < -0.4 is 4.74 Å². The summed E-state index contributed by atoms with van der Waals surface area (Å²) in [5.74, 6) is 0.892. The molecule has 0 aromatic heterocycles. The van der Waals surface area contributed by atoms with Crippen LogP contribution in [0.3, 0.4) is 0 Å². The first kappa shape index (κ1) is 18.2. The standard InChI is InChI=1S/C20H31N3O2/c1-3-25-19-9-6-7-17(15-19)20(24)23-13-11-22(12-14-23)16-18-8-4-5-10-21(18)2/h6-7,9,15,18H,3-5,8,10-14,16H2,1-2H3/t18-/m1/s1. The zero-order chi connectivity index (χ0) is 17.6. The van der Waals surface area contributed by atoms with Gasteiger partial charge in [-0.05, 0) is 51.6 Å². The molecule has 25 heavy (non-hydrogen) atoms. The highest BCUT2D eigenvalue weighted by Gasteiger charge is 2.26. The van der Waals surface area contributed by atoms with E-state index in [1.165, 1.54) is 25.8 Å². The maximum absolute atomic E-state index is 12.7. The fourth-order valence-electron chi connectivity index (χ4n) is 3.87. The maximum Gasteiger partial charge on any atom is 0.254 e. The van der Waals surface area contributed by atoms with Crippen molar-refractivity contribution in [3.8, 4) is 5.75 Å². The van der Waals surface area contributed by atoms with Crippen molar-refractivity contribution in [1.29, 1.82) is 0 Å². The lowest BCUT2D eigenvalue weighted by molar-refractivity contribution is 0.0564. The number of amides is 1. The number of likely N-dealkylation sites (N-methyl/N-ethyl adjacent to an activating group) is 1. The zero-order valence-corrected chi connectivity index (χ0v) is 15.6. The molecule has 0 bridgehead atoms. The zero-order valence-electron chi connectivity index (χ0n) is 15.6. The van der Waals surface area contributed by atoms with Crippen molar-refractivity contribution >= 4 is 5.91 Å². The Morgan fingerprint density at radius 2 is 1.96 bits per heavy atom. The SMILES string of the molecule is CCOc1cccc(C(=O)N2CCN(C[C@H]3CCCCN3C)CC2)c1. The van der Waals surface area contributed by atoms with Gasteiger partial charge >= 0.3 is 0 Å². The monoisotopic (exact) mass is 345 g/mol. The van der Waals surface area contributed by atoms with Gasteiger partial charge in [-0.1, -0.05) is 12.5 Å². The fraction of sp³-hybridized carbons (Fsp3) is 0.650. The molecular weight excluding hydrogens is 314 g/mol. The van der Waals surface area contributed by atoms with Gasteiger partial charge < -0.3 is 14.5 Å². The second-order valence-electron chi connectivity index (χ2n) is 7.18. The van der Waals surface area contributed by atoms with Crippen molar-refractivity contribution < 1.29 is 9.53 Å². The van der Waals surface area contributed by atoms with Gasteiger partial charge in [0.2, 0.25) is 0 Å². The molecule has 0 radical (unpaired) electrons. The summed E-state index contributed by atoms with van der Waals surface area (Å²) in [5.41, 5.74) is 0.728. The molecule has 3 rings (SSSR count). The summed E-state index contributed by atoms with van der Waals surface area (Å²) < 4.78 is 5.51. The summed E-state index contributed by atoms with van der Waals surface area (Å²) in [6.45, 7) is 8.51. The number of hydrogen-bond acceptors (Lipinski definition) is 4. The molecule has 1 atom stereocenters. The number of carbonyl (C=O) groups is 1. The van der Waals surface area contributed by atoms with Crippen LogP contribution in [0.4, 0.5) is 0 Å². The highest BCUT2D eigenvalue weighted by molar-refractivity contribution is 5.94. The third-order valence-electron chi connectivity index (χ3n) is 5.44. The number of hydrogen-bond donors (Lipinski definition) is 0. The highest BCUT2D eigenvalue weighted by atomic mass is 16.5. The van der Waals surface area contributed by atoms with E-state index in [9.17, 15) is 4.79 Å². The molecule has 2 saturated heterocycles. The smallest absolute Gasteiger partial charge is 0.254 e. The van der Waals surface area contributed by atoms with E-state index >= 15 is 0 Å². The first-order valence-electron chi connectivity index (χ1n) is 9.62. The molecule has 5 heteroatoms. The van der Waals surface area contributed by atoms with Crippen LogP contribution in [0.5, 0.6) is 5.75 Å². The van der Waals surface area contributed by atoms with E-state index in [0.29, 0.717) is 12.6 Å². The average Bonchev–Trinajstić information content (AvgIpc) is 2.64. The molecular formula is C20H31N3O2. The van der Waals surface area contributed by atoms with Crippen LogP contribution >= 0.6 is 0 Å². The molecule has 0 N–H and O–H groups in total. The van der Waals surface area contributed by atoms with Gasteiger partial charge in [0, 0.05) is 44.3 Å². The van der Waals surface area contributed by atoms with Gasteiger partial charge in [-0.2, -0.15) is 0 Å². The lowest BCUT2D eigenvalue weighted by Crippen LogP contribution is -2.53. The normalized spacial score (nSPS) is 22.8. The van der Waals surface area contributed by atoms with E-state index in [1.54, 1.807) is 0 Å². The molecule has 2 fully saturated rings. The Bertz CT molecular complexity index is 570. The van der Waals surface area contributed by atoms with Gasteiger partial charge in [0.05, 0.1) is 6.61 Å². The van der Waals surface area contributed by atoms with E-state index in [-0.39, 0.29) is 5.91 Å². The summed E-state index contributed by atoms with van der Waals surface area (Å²) >= 11 is 0. The van der Waals surface area contributed by atoms with Crippen LogP contribution in [0.2, 0.25) is 0 Å². The van der Waals surface area contributed by atoms with Crippen molar-refractivity contribution in [2.24, 2.45) is 0 Å². The van der Waals surface area contributed by atoms with Gasteiger partial charge in [0.15, 0.2) is 0 Å². The predicted molar refractivity (Wildman–Crippen MR) is 100 cm³/mol. The van der Waals surface area contributed by atoms with Crippen LogP contribution in [0.25, 0.3) is 0 Å². The third-order valence-corrected chi connectivity index (χ3v) is 5.44. The predicted octanol–water partition coefficient (Wildman–Crippen LogP) is 2.33. The van der Waals surface area contributed by atoms with Gasteiger partial charge in [-0.3, -0.25) is 9.69 Å². The van der Waals surface area contributed by atoms with Crippen LogP contribution in [0.15, 0.2) is 24.3 Å². The van der Waals surface area contributed by atoms with Crippen molar-refractivity contribution in [1.82, 2.24) is 14.7 Å². The fourth-order valence-corrected chi connectivity index (χ4v) is 3.87. The average molecular weight is 345 g/mol. The summed E-state index contributed by atoms with van der Waals surface area (Å²) in [6, 6.07) is 8.22. The van der Waals surface area contributed by atoms with Crippen LogP contribution in [0.1, 0.15) is 36.5 Å². The number of benzene rings is 1. The van der Waals surface area contributed by atoms with E-state index in [2.05, 4.69) is 16.8 Å². The number of likely N-dealkylation sites (tertiary alicyclic amines) is 1. The Morgan fingerprint density at radius 1 is 1.16 bits per heavy atom. The second-order valence-corrected chi connectivity index (χ2v) is 7.18. The molecule has 138 valence electrons. The topological polar surface area (TPSA) is 36.0 Å². The van der Waals surface area contributed by atoms with Crippen molar-refractivity contribution in [2.75, 3.05) is 52.9 Å². The number of carbonyl (C=O) groups excluding carboxylic acids is 1. The Hall–Kier alpha value is -1.59. The highest BCUT2D eigenvalue weighted by Crippen LogP contribution is 2.18. The Labute approximate surface area is 151 Å². The largest absolute Gasteiger partial charge is 0.494 e.